The number of hydrogen-bond donors (Lipinski definition) is 1. The van der Waals surface area contributed by atoms with Gasteiger partial charge in [-0.25, -0.2) is 26.0 Å². The molecule has 9 heteroatoms. The third-order valence-corrected chi connectivity index (χ3v) is 5.26. The Labute approximate surface area is 130 Å². The molecule has 1 aromatic rings. The summed E-state index contributed by atoms with van der Waals surface area (Å²) in [5.74, 6) is -6.45. The molecule has 1 N–H and O–H groups in total. The number of ether oxygens (including phenoxy) is 1. The van der Waals surface area contributed by atoms with Crippen molar-refractivity contribution in [3.05, 3.63) is 23.3 Å². The summed E-state index contributed by atoms with van der Waals surface area (Å²) in [6.07, 6.45) is -4.18. The zero-order valence-corrected chi connectivity index (χ0v) is 12.8. The first kappa shape index (κ1) is 16.5. The molecule has 4 nitrogen and oxygen atoms in total. The Morgan fingerprint density at radius 3 is 2.35 bits per heavy atom. The first-order valence-electron chi connectivity index (χ1n) is 6.87. The molecule has 0 spiro atoms. The minimum atomic E-state index is -3.84. The lowest BCUT2D eigenvalue weighted by atomic mass is 9.91. The minimum absolute atomic E-state index is 0.0795. The van der Waals surface area contributed by atoms with Crippen molar-refractivity contribution in [2.24, 2.45) is 0 Å². The van der Waals surface area contributed by atoms with Crippen LogP contribution in [-0.4, -0.2) is 37.7 Å². The summed E-state index contributed by atoms with van der Waals surface area (Å²) in [4.78, 5) is -0.400. The summed E-state index contributed by atoms with van der Waals surface area (Å²) in [5.41, 5.74) is -0.540. The number of aliphatic hydroxyl groups is 1. The molecule has 23 heavy (non-hydrogen) atoms. The number of halogens is 4. The van der Waals surface area contributed by atoms with Gasteiger partial charge in [0.25, 0.3) is 11.8 Å². The summed E-state index contributed by atoms with van der Waals surface area (Å²) in [5, 5.41) is 9.78. The van der Waals surface area contributed by atoms with E-state index in [0.717, 1.165) is 12.3 Å². The highest BCUT2D eigenvalue weighted by atomic mass is 32.2. The van der Waals surface area contributed by atoms with E-state index in [-0.39, 0.29) is 11.3 Å². The maximum atomic E-state index is 13.8. The SMILES string of the molecule is CS(=O)(=O)c1ccc(OC2CC(F)(F)C2)c2c1[C@H](O)C(F)(F)C2. The molecule has 2 aliphatic rings. The summed E-state index contributed by atoms with van der Waals surface area (Å²) in [6.45, 7) is 0. The van der Waals surface area contributed by atoms with Crippen LogP contribution in [-0.2, 0) is 16.3 Å². The van der Waals surface area contributed by atoms with Gasteiger partial charge < -0.3 is 9.84 Å². The van der Waals surface area contributed by atoms with Crippen molar-refractivity contribution in [1.29, 1.82) is 0 Å². The number of sulfone groups is 1. The lowest BCUT2D eigenvalue weighted by Gasteiger charge is -2.35. The highest BCUT2D eigenvalue weighted by molar-refractivity contribution is 7.90. The van der Waals surface area contributed by atoms with Gasteiger partial charge in [-0.1, -0.05) is 0 Å². The van der Waals surface area contributed by atoms with E-state index in [1.807, 2.05) is 0 Å². The molecule has 0 unspecified atom stereocenters. The number of rotatable bonds is 3. The van der Waals surface area contributed by atoms with Gasteiger partial charge in [-0.3, -0.25) is 0 Å². The van der Waals surface area contributed by atoms with Gasteiger partial charge in [-0.2, -0.15) is 0 Å². The van der Waals surface area contributed by atoms with E-state index in [1.165, 1.54) is 6.07 Å². The van der Waals surface area contributed by atoms with Crippen LogP contribution < -0.4 is 4.74 Å². The standard InChI is InChI=1S/C14H14F4O4S/c1-23(20,21)10-3-2-9(22-7-4-13(15,16)5-7)8-6-14(17,18)12(19)11(8)10/h2-3,7,12,19H,4-6H2,1H3/t12-/m0/s1. The monoisotopic (exact) mass is 354 g/mol. The van der Waals surface area contributed by atoms with Gasteiger partial charge in [0.2, 0.25) is 0 Å². The number of benzene rings is 1. The smallest absolute Gasteiger partial charge is 0.281 e. The van der Waals surface area contributed by atoms with Crippen LogP contribution in [0.1, 0.15) is 30.1 Å². The van der Waals surface area contributed by atoms with Crippen molar-refractivity contribution in [3.8, 4) is 5.75 Å². The van der Waals surface area contributed by atoms with Crippen molar-refractivity contribution in [2.45, 2.75) is 48.2 Å². The fourth-order valence-corrected chi connectivity index (χ4v) is 3.90. The fourth-order valence-electron chi connectivity index (χ4n) is 2.95. The van der Waals surface area contributed by atoms with Gasteiger partial charge in [0.05, 0.1) is 4.90 Å². The molecule has 0 amide bonds. The van der Waals surface area contributed by atoms with Crippen LogP contribution in [0.5, 0.6) is 5.75 Å². The fraction of sp³-hybridized carbons (Fsp3) is 0.571. The molecule has 1 atom stereocenters. The molecule has 0 bridgehead atoms. The molecule has 2 aliphatic carbocycles. The largest absolute Gasteiger partial charge is 0.490 e. The van der Waals surface area contributed by atoms with Crippen LogP contribution in [0.25, 0.3) is 0 Å². The van der Waals surface area contributed by atoms with E-state index in [9.17, 15) is 31.1 Å². The molecule has 0 radical (unpaired) electrons. The van der Waals surface area contributed by atoms with Crippen molar-refractivity contribution < 1.29 is 35.8 Å². The molecule has 128 valence electrons. The molecule has 0 aliphatic heterocycles. The molecule has 1 saturated carbocycles. The number of hydrogen-bond acceptors (Lipinski definition) is 4. The average Bonchev–Trinajstić information content (AvgIpc) is 2.58. The van der Waals surface area contributed by atoms with Crippen LogP contribution in [0, 0.1) is 0 Å². The van der Waals surface area contributed by atoms with Crippen molar-refractivity contribution in [2.75, 3.05) is 6.26 Å². The zero-order valence-electron chi connectivity index (χ0n) is 12.0. The Balaban J connectivity index is 2.02. The average molecular weight is 354 g/mol. The highest BCUT2D eigenvalue weighted by Crippen LogP contribution is 2.50. The number of aliphatic hydroxyl groups excluding tert-OH is 1. The number of alkyl halides is 4. The Morgan fingerprint density at radius 1 is 1.22 bits per heavy atom. The summed E-state index contributed by atoms with van der Waals surface area (Å²) < 4.78 is 82.1. The van der Waals surface area contributed by atoms with E-state index >= 15 is 0 Å². The second-order valence-electron chi connectivity index (χ2n) is 6.07. The maximum absolute atomic E-state index is 13.8. The van der Waals surface area contributed by atoms with E-state index in [1.54, 1.807) is 0 Å². The van der Waals surface area contributed by atoms with E-state index in [4.69, 9.17) is 4.74 Å². The van der Waals surface area contributed by atoms with Crippen LogP contribution in [0.15, 0.2) is 17.0 Å². The van der Waals surface area contributed by atoms with Gasteiger partial charge in [0.15, 0.2) is 9.84 Å². The normalized spacial score (nSPS) is 25.7. The van der Waals surface area contributed by atoms with Gasteiger partial charge >= 0.3 is 0 Å². The van der Waals surface area contributed by atoms with Crippen LogP contribution in [0.4, 0.5) is 17.6 Å². The summed E-state index contributed by atoms with van der Waals surface area (Å²) in [6, 6.07) is 2.24. The second kappa shape index (κ2) is 4.83. The van der Waals surface area contributed by atoms with Crippen molar-refractivity contribution in [1.82, 2.24) is 0 Å². The first-order valence-corrected chi connectivity index (χ1v) is 8.76. The Bertz CT molecular complexity index is 752. The minimum Gasteiger partial charge on any atom is -0.490 e. The Morgan fingerprint density at radius 2 is 1.83 bits per heavy atom. The quantitative estimate of drug-likeness (QED) is 0.847. The third kappa shape index (κ3) is 2.80. The van der Waals surface area contributed by atoms with Gasteiger partial charge in [0, 0.05) is 36.6 Å². The van der Waals surface area contributed by atoms with Crippen LogP contribution in [0.3, 0.4) is 0 Å². The first-order chi connectivity index (χ1) is 10.4. The van der Waals surface area contributed by atoms with Crippen molar-refractivity contribution >= 4 is 9.84 Å². The maximum Gasteiger partial charge on any atom is 0.281 e. The summed E-state index contributed by atoms with van der Waals surface area (Å²) >= 11 is 0. The Hall–Kier alpha value is -1.35. The molecule has 0 saturated heterocycles. The summed E-state index contributed by atoms with van der Waals surface area (Å²) in [7, 11) is -3.84. The van der Waals surface area contributed by atoms with Crippen LogP contribution >= 0.6 is 0 Å². The molecule has 1 aromatic carbocycles. The topological polar surface area (TPSA) is 63.6 Å². The highest BCUT2D eigenvalue weighted by Gasteiger charge is 2.51. The van der Waals surface area contributed by atoms with Gasteiger partial charge in [-0.05, 0) is 12.1 Å². The predicted octanol–water partition coefficient (Wildman–Crippen LogP) is 2.49. The van der Waals surface area contributed by atoms with Gasteiger partial charge in [-0.15, -0.1) is 0 Å². The molecule has 1 fully saturated rings. The zero-order chi connectivity index (χ0) is 17.2. The van der Waals surface area contributed by atoms with Crippen LogP contribution in [0.2, 0.25) is 0 Å². The van der Waals surface area contributed by atoms with Gasteiger partial charge in [0.1, 0.15) is 18.0 Å². The molecule has 0 aromatic heterocycles. The third-order valence-electron chi connectivity index (χ3n) is 4.11. The van der Waals surface area contributed by atoms with E-state index < -0.39 is 63.6 Å². The van der Waals surface area contributed by atoms with Crippen molar-refractivity contribution in [3.63, 3.8) is 0 Å². The molecule has 3 rings (SSSR count). The molecular weight excluding hydrogens is 340 g/mol. The lowest BCUT2D eigenvalue weighted by Crippen LogP contribution is -2.43. The molecule has 0 heterocycles. The van der Waals surface area contributed by atoms with E-state index in [2.05, 4.69) is 0 Å². The molecular formula is C14H14F4O4S. The predicted molar refractivity (Wildman–Crippen MR) is 71.8 cm³/mol. The second-order valence-corrected chi connectivity index (χ2v) is 8.05. The Kier molecular flexibility index (Phi) is 3.46. The number of fused-ring (bicyclic) bond motifs is 1. The lowest BCUT2D eigenvalue weighted by molar-refractivity contribution is -0.134. The van der Waals surface area contributed by atoms with E-state index in [0.29, 0.717) is 0 Å².